The van der Waals surface area contributed by atoms with Gasteiger partial charge in [0.2, 0.25) is 0 Å². The van der Waals surface area contributed by atoms with Crippen LogP contribution in [-0.4, -0.2) is 30.8 Å². The Labute approximate surface area is 78.1 Å². The molecule has 0 fully saturated rings. The third-order valence-electron chi connectivity index (χ3n) is 1.33. The minimum absolute atomic E-state index is 0.181. The minimum atomic E-state index is -3.79. The first kappa shape index (κ1) is 11.8. The van der Waals surface area contributed by atoms with Gasteiger partial charge in [-0.25, -0.2) is 0 Å². The molecule has 0 aromatic carbocycles. The Morgan fingerprint density at radius 2 is 2.08 bits per heavy atom. The van der Waals surface area contributed by atoms with Crippen LogP contribution in [0.25, 0.3) is 0 Å². The number of unbranched alkanes of at least 4 members (excludes halogenated alkanes) is 1. The molecule has 0 aliphatic carbocycles. The Kier molecular flexibility index (Phi) is 5.36. The molecule has 72 valence electrons. The summed E-state index contributed by atoms with van der Waals surface area (Å²) in [4.78, 5) is 0.713. The van der Waals surface area contributed by atoms with Crippen LogP contribution in [0.15, 0.2) is 0 Å². The van der Waals surface area contributed by atoms with Crippen LogP contribution in [0, 0.1) is 0 Å². The van der Waals surface area contributed by atoms with E-state index in [1.54, 1.807) is 7.05 Å². The lowest BCUT2D eigenvalue weighted by molar-refractivity contribution is 0.480. The van der Waals surface area contributed by atoms with Crippen molar-refractivity contribution in [3.05, 3.63) is 0 Å². The van der Waals surface area contributed by atoms with Crippen molar-refractivity contribution in [3.63, 3.8) is 0 Å². The predicted octanol–water partition coefficient (Wildman–Crippen LogP) is 0.591. The minimum Gasteiger partial charge on any atom is -0.383 e. The molecular weight excluding hydrogens is 198 g/mol. The van der Waals surface area contributed by atoms with Crippen molar-refractivity contribution >= 4 is 27.3 Å². The maximum absolute atomic E-state index is 10.3. The maximum atomic E-state index is 10.3. The average Bonchev–Trinajstić information content (AvgIpc) is 1.96. The maximum Gasteiger partial charge on any atom is 0.264 e. The van der Waals surface area contributed by atoms with Gasteiger partial charge in [-0.05, 0) is 19.3 Å². The first-order chi connectivity index (χ1) is 5.45. The monoisotopic (exact) mass is 211 g/mol. The highest BCUT2D eigenvalue weighted by atomic mass is 32.2. The van der Waals surface area contributed by atoms with E-state index in [-0.39, 0.29) is 5.75 Å². The molecule has 0 saturated heterocycles. The molecule has 0 radical (unpaired) electrons. The molecule has 0 heterocycles. The zero-order valence-electron chi connectivity index (χ0n) is 6.91. The van der Waals surface area contributed by atoms with Gasteiger partial charge in [0.25, 0.3) is 10.1 Å². The third kappa shape index (κ3) is 7.90. The Morgan fingerprint density at radius 3 is 2.50 bits per heavy atom. The summed E-state index contributed by atoms with van der Waals surface area (Å²) >= 11 is 4.84. The highest BCUT2D eigenvalue weighted by molar-refractivity contribution is 7.85. The van der Waals surface area contributed by atoms with Gasteiger partial charge in [-0.1, -0.05) is 12.2 Å². The molecule has 0 aromatic heterocycles. The van der Waals surface area contributed by atoms with Crippen LogP contribution in [0.1, 0.15) is 19.3 Å². The Morgan fingerprint density at radius 1 is 1.50 bits per heavy atom. The molecule has 0 saturated carbocycles. The fourth-order valence-corrected chi connectivity index (χ4v) is 1.41. The van der Waals surface area contributed by atoms with Crippen molar-refractivity contribution in [2.24, 2.45) is 0 Å². The van der Waals surface area contributed by atoms with Crippen LogP contribution in [0.3, 0.4) is 0 Å². The molecule has 0 aliphatic rings. The van der Waals surface area contributed by atoms with E-state index in [2.05, 4.69) is 5.32 Å². The van der Waals surface area contributed by atoms with E-state index in [0.717, 1.165) is 0 Å². The molecule has 6 heteroatoms. The summed E-state index contributed by atoms with van der Waals surface area (Å²) in [5.41, 5.74) is 0. The summed E-state index contributed by atoms with van der Waals surface area (Å²) in [7, 11) is -2.07. The predicted molar refractivity (Wildman–Crippen MR) is 51.9 cm³/mol. The molecule has 0 aromatic rings. The van der Waals surface area contributed by atoms with Gasteiger partial charge in [-0.2, -0.15) is 8.42 Å². The topological polar surface area (TPSA) is 66.4 Å². The normalized spacial score (nSPS) is 11.2. The number of rotatable bonds is 5. The highest BCUT2D eigenvalue weighted by Gasteiger charge is 2.03. The van der Waals surface area contributed by atoms with Crippen molar-refractivity contribution in [2.75, 3.05) is 12.8 Å². The SMILES string of the molecule is CNC(=S)CCCCS(=O)(=O)O. The molecular formula is C6H13NO3S2. The molecule has 4 nitrogen and oxygen atoms in total. The summed E-state index contributed by atoms with van der Waals surface area (Å²) in [5, 5.41) is 2.78. The lowest BCUT2D eigenvalue weighted by atomic mass is 10.2. The van der Waals surface area contributed by atoms with E-state index in [1.165, 1.54) is 0 Å². The van der Waals surface area contributed by atoms with Crippen LogP contribution in [0.2, 0.25) is 0 Å². The zero-order chi connectivity index (χ0) is 9.61. The quantitative estimate of drug-likeness (QED) is 0.396. The number of thiocarbonyl (C=S) groups is 1. The van der Waals surface area contributed by atoms with E-state index < -0.39 is 10.1 Å². The average molecular weight is 211 g/mol. The van der Waals surface area contributed by atoms with Crippen molar-refractivity contribution in [1.29, 1.82) is 0 Å². The van der Waals surface area contributed by atoms with Gasteiger partial charge in [-0.15, -0.1) is 0 Å². The van der Waals surface area contributed by atoms with Gasteiger partial charge in [0.15, 0.2) is 0 Å². The van der Waals surface area contributed by atoms with E-state index in [9.17, 15) is 8.42 Å². The van der Waals surface area contributed by atoms with E-state index in [0.29, 0.717) is 24.3 Å². The van der Waals surface area contributed by atoms with Crippen LogP contribution in [-0.2, 0) is 10.1 Å². The third-order valence-corrected chi connectivity index (χ3v) is 2.55. The van der Waals surface area contributed by atoms with E-state index >= 15 is 0 Å². The Bertz CT molecular complexity index is 235. The summed E-state index contributed by atoms with van der Waals surface area (Å²) in [6.45, 7) is 0. The van der Waals surface area contributed by atoms with Crippen LogP contribution in [0.4, 0.5) is 0 Å². The second kappa shape index (κ2) is 5.45. The van der Waals surface area contributed by atoms with Crippen LogP contribution >= 0.6 is 12.2 Å². The van der Waals surface area contributed by atoms with Crippen LogP contribution < -0.4 is 5.32 Å². The van der Waals surface area contributed by atoms with Gasteiger partial charge in [0, 0.05) is 7.05 Å². The van der Waals surface area contributed by atoms with Gasteiger partial charge in [0.05, 0.1) is 10.7 Å². The number of hydrogen-bond acceptors (Lipinski definition) is 3. The highest BCUT2D eigenvalue weighted by Crippen LogP contribution is 1.98. The van der Waals surface area contributed by atoms with E-state index in [1.807, 2.05) is 0 Å². The van der Waals surface area contributed by atoms with Gasteiger partial charge in [0.1, 0.15) is 0 Å². The molecule has 2 N–H and O–H groups in total. The first-order valence-corrected chi connectivity index (χ1v) is 5.63. The number of nitrogens with one attached hydrogen (secondary N) is 1. The largest absolute Gasteiger partial charge is 0.383 e. The Balaban J connectivity index is 3.40. The second-order valence-electron chi connectivity index (χ2n) is 2.42. The fourth-order valence-electron chi connectivity index (χ4n) is 0.695. The lowest BCUT2D eigenvalue weighted by Gasteiger charge is -2.00. The molecule has 0 unspecified atom stereocenters. The lowest BCUT2D eigenvalue weighted by Crippen LogP contribution is -2.15. The van der Waals surface area contributed by atoms with Crippen molar-refractivity contribution in [1.82, 2.24) is 5.32 Å². The summed E-state index contributed by atoms with van der Waals surface area (Å²) in [6, 6.07) is 0. The molecule has 0 amide bonds. The summed E-state index contributed by atoms with van der Waals surface area (Å²) in [5.74, 6) is -0.181. The second-order valence-corrected chi connectivity index (χ2v) is 4.48. The molecule has 0 spiro atoms. The summed E-state index contributed by atoms with van der Waals surface area (Å²) in [6.07, 6.45) is 1.79. The summed E-state index contributed by atoms with van der Waals surface area (Å²) < 4.78 is 28.9. The van der Waals surface area contributed by atoms with Crippen molar-refractivity contribution < 1.29 is 13.0 Å². The van der Waals surface area contributed by atoms with E-state index in [4.69, 9.17) is 16.8 Å². The van der Waals surface area contributed by atoms with Crippen molar-refractivity contribution in [2.45, 2.75) is 19.3 Å². The van der Waals surface area contributed by atoms with Gasteiger partial charge in [-0.3, -0.25) is 4.55 Å². The van der Waals surface area contributed by atoms with Gasteiger partial charge < -0.3 is 5.32 Å². The molecule has 12 heavy (non-hydrogen) atoms. The van der Waals surface area contributed by atoms with Gasteiger partial charge >= 0.3 is 0 Å². The van der Waals surface area contributed by atoms with Crippen molar-refractivity contribution in [3.8, 4) is 0 Å². The standard InChI is InChI=1S/C6H13NO3S2/c1-7-6(11)4-2-3-5-12(8,9)10/h2-5H2,1H3,(H,7,11)(H,8,9,10). The molecule has 0 rings (SSSR count). The zero-order valence-corrected chi connectivity index (χ0v) is 8.54. The Hall–Kier alpha value is -0.200. The molecule has 0 atom stereocenters. The first-order valence-electron chi connectivity index (χ1n) is 3.61. The fraction of sp³-hybridized carbons (Fsp3) is 0.833. The smallest absolute Gasteiger partial charge is 0.264 e. The molecule has 0 bridgehead atoms. The van der Waals surface area contributed by atoms with Crippen LogP contribution in [0.5, 0.6) is 0 Å². The molecule has 0 aliphatic heterocycles. The number of hydrogen-bond donors (Lipinski definition) is 2.